The molecule has 0 aromatic carbocycles. The second-order valence-corrected chi connectivity index (χ2v) is 5.59. The van der Waals surface area contributed by atoms with Gasteiger partial charge in [-0.3, -0.25) is 4.90 Å². The first-order chi connectivity index (χ1) is 8.78. The number of halogens is 1. The molecule has 2 aliphatic heterocycles. The Morgan fingerprint density at radius 1 is 1.33 bits per heavy atom. The molecule has 1 aromatic rings. The molecule has 0 aliphatic carbocycles. The van der Waals surface area contributed by atoms with E-state index < -0.39 is 0 Å². The van der Waals surface area contributed by atoms with Crippen molar-refractivity contribution in [1.82, 2.24) is 9.88 Å². The molecule has 4 heteroatoms. The van der Waals surface area contributed by atoms with E-state index in [9.17, 15) is 0 Å². The average Bonchev–Trinajstić information content (AvgIpc) is 2.85. The van der Waals surface area contributed by atoms with Gasteiger partial charge in [-0.2, -0.15) is 0 Å². The normalized spacial score (nSPS) is 24.3. The molecular weight excluding hydrogens is 246 g/mol. The van der Waals surface area contributed by atoms with E-state index in [0.29, 0.717) is 5.88 Å². The van der Waals surface area contributed by atoms with Crippen molar-refractivity contribution in [3.05, 3.63) is 23.4 Å². The first kappa shape index (κ1) is 12.2. The van der Waals surface area contributed by atoms with Crippen molar-refractivity contribution in [2.24, 2.45) is 0 Å². The highest BCUT2D eigenvalue weighted by atomic mass is 35.5. The van der Waals surface area contributed by atoms with E-state index in [1.165, 1.54) is 25.9 Å². The number of aromatic nitrogens is 1. The average molecular weight is 266 g/mol. The number of nitrogens with zero attached hydrogens (tertiary/aromatic N) is 3. The Balaban J connectivity index is 1.76. The van der Waals surface area contributed by atoms with Gasteiger partial charge in [0.15, 0.2) is 0 Å². The van der Waals surface area contributed by atoms with Gasteiger partial charge in [-0.15, -0.1) is 11.6 Å². The minimum atomic E-state index is 0.551. The molecule has 0 bridgehead atoms. The van der Waals surface area contributed by atoms with E-state index >= 15 is 0 Å². The summed E-state index contributed by atoms with van der Waals surface area (Å²) in [5, 5.41) is 0. The topological polar surface area (TPSA) is 19.4 Å². The Hall–Kier alpha value is -0.800. The van der Waals surface area contributed by atoms with Crippen LogP contribution in [-0.4, -0.2) is 42.1 Å². The lowest BCUT2D eigenvalue weighted by Gasteiger charge is -2.38. The van der Waals surface area contributed by atoms with Crippen LogP contribution in [0, 0.1) is 6.92 Å². The van der Waals surface area contributed by atoms with E-state index in [1.54, 1.807) is 0 Å². The molecule has 1 unspecified atom stereocenters. The summed E-state index contributed by atoms with van der Waals surface area (Å²) >= 11 is 5.88. The quantitative estimate of drug-likeness (QED) is 0.766. The number of alkyl halides is 1. The van der Waals surface area contributed by atoms with E-state index in [4.69, 9.17) is 16.6 Å². The number of rotatable bonds is 2. The molecule has 2 fully saturated rings. The van der Waals surface area contributed by atoms with Crippen molar-refractivity contribution < 1.29 is 0 Å². The maximum Gasteiger partial charge on any atom is 0.128 e. The van der Waals surface area contributed by atoms with Gasteiger partial charge in [0, 0.05) is 37.3 Å². The molecule has 0 radical (unpaired) electrons. The molecule has 2 saturated heterocycles. The number of piperazine rings is 1. The maximum atomic E-state index is 5.88. The largest absolute Gasteiger partial charge is 0.354 e. The van der Waals surface area contributed by atoms with Crippen LogP contribution in [0.2, 0.25) is 0 Å². The van der Waals surface area contributed by atoms with Crippen molar-refractivity contribution >= 4 is 17.4 Å². The number of anilines is 1. The van der Waals surface area contributed by atoms with Crippen LogP contribution in [0.5, 0.6) is 0 Å². The molecule has 3 nitrogen and oxygen atoms in total. The zero-order valence-electron chi connectivity index (χ0n) is 10.9. The van der Waals surface area contributed by atoms with Gasteiger partial charge in [-0.1, -0.05) is 6.07 Å². The van der Waals surface area contributed by atoms with Gasteiger partial charge in [0.2, 0.25) is 0 Å². The summed E-state index contributed by atoms with van der Waals surface area (Å²) in [5.41, 5.74) is 2.20. The standard InChI is InChI=1S/C14H20ClN3/c1-11-12(9-15)4-5-14(16-11)18-8-7-17-6-2-3-13(17)10-18/h4-5,13H,2-3,6-10H2,1H3. The van der Waals surface area contributed by atoms with Gasteiger partial charge >= 0.3 is 0 Å². The summed E-state index contributed by atoms with van der Waals surface area (Å²) in [6.45, 7) is 6.75. The van der Waals surface area contributed by atoms with Crippen LogP contribution in [0.25, 0.3) is 0 Å². The molecule has 18 heavy (non-hydrogen) atoms. The third-order valence-electron chi connectivity index (χ3n) is 4.24. The highest BCUT2D eigenvalue weighted by molar-refractivity contribution is 6.17. The molecule has 1 aromatic heterocycles. The first-order valence-corrected chi connectivity index (χ1v) is 7.33. The van der Waals surface area contributed by atoms with Gasteiger partial charge in [0.25, 0.3) is 0 Å². The fourth-order valence-corrected chi connectivity index (χ4v) is 3.38. The van der Waals surface area contributed by atoms with Crippen LogP contribution < -0.4 is 4.90 Å². The summed E-state index contributed by atoms with van der Waals surface area (Å²) in [5.74, 6) is 1.67. The molecule has 0 N–H and O–H groups in total. The number of pyridine rings is 1. The zero-order valence-corrected chi connectivity index (χ0v) is 11.7. The maximum absolute atomic E-state index is 5.88. The molecular formula is C14H20ClN3. The summed E-state index contributed by atoms with van der Waals surface area (Å²) in [6.07, 6.45) is 2.70. The lowest BCUT2D eigenvalue weighted by Crippen LogP contribution is -2.50. The van der Waals surface area contributed by atoms with Crippen molar-refractivity contribution in [2.75, 3.05) is 31.1 Å². The number of aryl methyl sites for hydroxylation is 1. The Morgan fingerprint density at radius 3 is 3.00 bits per heavy atom. The first-order valence-electron chi connectivity index (χ1n) is 6.79. The fraction of sp³-hybridized carbons (Fsp3) is 0.643. The van der Waals surface area contributed by atoms with Gasteiger partial charge in [0.05, 0.1) is 0 Å². The lowest BCUT2D eigenvalue weighted by atomic mass is 10.1. The van der Waals surface area contributed by atoms with Gasteiger partial charge < -0.3 is 4.90 Å². The minimum Gasteiger partial charge on any atom is -0.354 e. The molecule has 0 saturated carbocycles. The van der Waals surface area contributed by atoms with Crippen molar-refractivity contribution in [3.8, 4) is 0 Å². The van der Waals surface area contributed by atoms with Gasteiger partial charge in [0.1, 0.15) is 5.82 Å². The molecule has 3 rings (SSSR count). The van der Waals surface area contributed by atoms with Crippen LogP contribution in [0.15, 0.2) is 12.1 Å². The summed E-state index contributed by atoms with van der Waals surface area (Å²) in [4.78, 5) is 9.75. The smallest absolute Gasteiger partial charge is 0.128 e. The van der Waals surface area contributed by atoms with Crippen molar-refractivity contribution in [3.63, 3.8) is 0 Å². The van der Waals surface area contributed by atoms with E-state index in [2.05, 4.69) is 21.9 Å². The Morgan fingerprint density at radius 2 is 2.22 bits per heavy atom. The number of hydrogen-bond donors (Lipinski definition) is 0. The second-order valence-electron chi connectivity index (χ2n) is 5.33. The molecule has 1 atom stereocenters. The van der Waals surface area contributed by atoms with Crippen LogP contribution in [0.3, 0.4) is 0 Å². The Bertz CT molecular complexity index is 435. The van der Waals surface area contributed by atoms with Crippen LogP contribution in [0.1, 0.15) is 24.1 Å². The highest BCUT2D eigenvalue weighted by Gasteiger charge is 2.30. The van der Waals surface area contributed by atoms with Crippen molar-refractivity contribution in [2.45, 2.75) is 31.7 Å². The minimum absolute atomic E-state index is 0.551. The molecule has 2 aliphatic rings. The SMILES string of the molecule is Cc1nc(N2CCN3CCCC3C2)ccc1CCl. The monoisotopic (exact) mass is 265 g/mol. The highest BCUT2D eigenvalue weighted by Crippen LogP contribution is 2.25. The molecule has 3 heterocycles. The van der Waals surface area contributed by atoms with Crippen LogP contribution in [0.4, 0.5) is 5.82 Å². The Kier molecular flexibility index (Phi) is 3.44. The number of hydrogen-bond acceptors (Lipinski definition) is 3. The summed E-state index contributed by atoms with van der Waals surface area (Å²) in [6, 6.07) is 4.98. The van der Waals surface area contributed by atoms with Gasteiger partial charge in [-0.05, 0) is 37.9 Å². The van der Waals surface area contributed by atoms with Crippen LogP contribution >= 0.6 is 11.6 Å². The lowest BCUT2D eigenvalue weighted by molar-refractivity contribution is 0.230. The van der Waals surface area contributed by atoms with E-state index in [0.717, 1.165) is 36.2 Å². The van der Waals surface area contributed by atoms with E-state index in [-0.39, 0.29) is 0 Å². The molecule has 98 valence electrons. The molecule has 0 spiro atoms. The molecule has 0 amide bonds. The third kappa shape index (κ3) is 2.21. The van der Waals surface area contributed by atoms with E-state index in [1.807, 2.05) is 6.92 Å². The second kappa shape index (κ2) is 5.06. The summed E-state index contributed by atoms with van der Waals surface area (Å²) < 4.78 is 0. The summed E-state index contributed by atoms with van der Waals surface area (Å²) in [7, 11) is 0. The predicted molar refractivity (Wildman–Crippen MR) is 75.3 cm³/mol. The van der Waals surface area contributed by atoms with Gasteiger partial charge in [-0.25, -0.2) is 4.98 Å². The predicted octanol–water partition coefficient (Wildman–Crippen LogP) is 2.41. The third-order valence-corrected chi connectivity index (χ3v) is 4.52. The zero-order chi connectivity index (χ0) is 12.5. The van der Waals surface area contributed by atoms with Crippen molar-refractivity contribution in [1.29, 1.82) is 0 Å². The fourth-order valence-electron chi connectivity index (χ4n) is 3.09. The number of fused-ring (bicyclic) bond motifs is 1. The van der Waals surface area contributed by atoms with Crippen LogP contribution in [-0.2, 0) is 5.88 Å². The Labute approximate surface area is 114 Å².